The first-order valence-electron chi connectivity index (χ1n) is 7.37. The van der Waals surface area contributed by atoms with Gasteiger partial charge in [0.1, 0.15) is 0 Å². The Balaban J connectivity index is 2.14. The molecule has 5 nitrogen and oxygen atoms in total. The van der Waals surface area contributed by atoms with Crippen LogP contribution < -0.4 is 5.32 Å². The second kappa shape index (κ2) is 7.67. The lowest BCUT2D eigenvalue weighted by molar-refractivity contribution is -0.133. The molecule has 1 saturated carbocycles. The van der Waals surface area contributed by atoms with E-state index < -0.39 is 0 Å². The predicted octanol–water partition coefficient (Wildman–Crippen LogP) is 3.22. The van der Waals surface area contributed by atoms with E-state index in [-0.39, 0.29) is 28.8 Å². The number of halogens is 2. The zero-order valence-corrected chi connectivity index (χ0v) is 14.2. The smallest absolute Gasteiger partial charge is 0.253 e. The monoisotopic (exact) mass is 353 g/mol. The fourth-order valence-corrected chi connectivity index (χ4v) is 3.31. The molecule has 1 aliphatic rings. The fraction of sp³-hybridized carbons (Fsp3) is 0.438. The van der Waals surface area contributed by atoms with Crippen molar-refractivity contribution in [2.24, 2.45) is 5.92 Å². The van der Waals surface area contributed by atoms with E-state index in [1.54, 1.807) is 12.1 Å². The molecule has 1 N–H and O–H groups in total. The molecule has 23 heavy (non-hydrogen) atoms. The highest BCUT2D eigenvalue weighted by atomic mass is 35.5. The summed E-state index contributed by atoms with van der Waals surface area (Å²) < 4.78 is 0. The third-order valence-corrected chi connectivity index (χ3v) is 4.60. The summed E-state index contributed by atoms with van der Waals surface area (Å²) in [4.78, 5) is 25.7. The van der Waals surface area contributed by atoms with E-state index in [1.165, 1.54) is 13.1 Å². The average molecular weight is 354 g/mol. The van der Waals surface area contributed by atoms with Crippen LogP contribution in [0.25, 0.3) is 0 Å². The molecular formula is C16H17Cl2N3O2. The van der Waals surface area contributed by atoms with Gasteiger partial charge in [0.2, 0.25) is 5.91 Å². The molecule has 0 heterocycles. The van der Waals surface area contributed by atoms with Crippen LogP contribution in [0.5, 0.6) is 0 Å². The van der Waals surface area contributed by atoms with Gasteiger partial charge in [-0.2, -0.15) is 5.26 Å². The number of hydrogen-bond donors (Lipinski definition) is 1. The number of carbonyl (C=O) groups is 2. The zero-order chi connectivity index (χ0) is 17.0. The van der Waals surface area contributed by atoms with Crippen LogP contribution in [0.1, 0.15) is 36.0 Å². The van der Waals surface area contributed by atoms with Crippen molar-refractivity contribution in [1.82, 2.24) is 10.2 Å². The summed E-state index contributed by atoms with van der Waals surface area (Å²) in [5.74, 6) is -0.987. The zero-order valence-electron chi connectivity index (χ0n) is 12.7. The van der Waals surface area contributed by atoms with Gasteiger partial charge in [0.25, 0.3) is 5.91 Å². The average Bonchev–Trinajstić information content (AvgIpc) is 2.53. The second-order valence-corrected chi connectivity index (χ2v) is 6.44. The molecule has 1 fully saturated rings. The first-order valence-corrected chi connectivity index (χ1v) is 8.13. The van der Waals surface area contributed by atoms with Crippen LogP contribution in [0.3, 0.4) is 0 Å². The number of amides is 2. The SMILES string of the molecule is CN(C#N)C(=O)C1CCCCC1NC(=O)c1ccc(Cl)cc1Cl. The molecule has 122 valence electrons. The van der Waals surface area contributed by atoms with Crippen molar-refractivity contribution >= 4 is 35.0 Å². The molecule has 2 amide bonds. The van der Waals surface area contributed by atoms with Gasteiger partial charge in [0.15, 0.2) is 6.19 Å². The largest absolute Gasteiger partial charge is 0.348 e. The van der Waals surface area contributed by atoms with E-state index in [1.807, 2.05) is 6.19 Å². The van der Waals surface area contributed by atoms with E-state index in [0.29, 0.717) is 23.4 Å². The predicted molar refractivity (Wildman–Crippen MR) is 88.1 cm³/mol. The highest BCUT2D eigenvalue weighted by molar-refractivity contribution is 6.36. The Morgan fingerprint density at radius 2 is 2.00 bits per heavy atom. The minimum atomic E-state index is -0.386. The second-order valence-electron chi connectivity index (χ2n) is 5.59. The van der Waals surface area contributed by atoms with Gasteiger partial charge >= 0.3 is 0 Å². The third kappa shape index (κ3) is 4.15. The number of hydrogen-bond acceptors (Lipinski definition) is 3. The maximum atomic E-state index is 12.4. The van der Waals surface area contributed by atoms with Gasteiger partial charge in [-0.15, -0.1) is 0 Å². The van der Waals surface area contributed by atoms with Crippen LogP contribution >= 0.6 is 23.2 Å². The topological polar surface area (TPSA) is 73.2 Å². The number of rotatable bonds is 3. The lowest BCUT2D eigenvalue weighted by Crippen LogP contribution is -2.48. The Kier molecular flexibility index (Phi) is 5.86. The van der Waals surface area contributed by atoms with Crippen molar-refractivity contribution in [3.63, 3.8) is 0 Å². The van der Waals surface area contributed by atoms with E-state index >= 15 is 0 Å². The van der Waals surface area contributed by atoms with Crippen LogP contribution in [-0.4, -0.2) is 29.8 Å². The van der Waals surface area contributed by atoms with Crippen LogP contribution in [0, 0.1) is 17.4 Å². The molecule has 0 aromatic heterocycles. The van der Waals surface area contributed by atoms with Crippen molar-refractivity contribution in [1.29, 1.82) is 5.26 Å². The first-order chi connectivity index (χ1) is 10.9. The summed E-state index contributed by atoms with van der Waals surface area (Å²) in [6.45, 7) is 0. The van der Waals surface area contributed by atoms with Gasteiger partial charge in [-0.05, 0) is 31.0 Å². The molecular weight excluding hydrogens is 337 g/mol. The number of carbonyl (C=O) groups excluding carboxylic acids is 2. The Bertz CT molecular complexity index is 657. The standard InChI is InChI=1S/C16H17Cl2N3O2/c1-21(9-19)16(23)12-4-2-3-5-14(12)20-15(22)11-7-6-10(17)8-13(11)18/h6-8,12,14H,2-5H2,1H3,(H,20,22). The Morgan fingerprint density at radius 3 is 2.65 bits per heavy atom. The number of benzene rings is 1. The number of nitrogens with zero attached hydrogens (tertiary/aromatic N) is 2. The van der Waals surface area contributed by atoms with Gasteiger partial charge in [-0.1, -0.05) is 36.0 Å². The first kappa shape index (κ1) is 17.6. The molecule has 0 saturated heterocycles. The van der Waals surface area contributed by atoms with E-state index in [0.717, 1.165) is 17.7 Å². The summed E-state index contributed by atoms with van der Waals surface area (Å²) in [5.41, 5.74) is 0.321. The van der Waals surface area contributed by atoms with Crippen molar-refractivity contribution in [2.75, 3.05) is 7.05 Å². The van der Waals surface area contributed by atoms with E-state index in [4.69, 9.17) is 28.5 Å². The lowest BCUT2D eigenvalue weighted by Gasteiger charge is -2.32. The molecule has 1 aromatic rings. The lowest BCUT2D eigenvalue weighted by atomic mass is 9.83. The molecule has 0 bridgehead atoms. The number of nitriles is 1. The maximum Gasteiger partial charge on any atom is 0.253 e. The van der Waals surface area contributed by atoms with E-state index in [9.17, 15) is 9.59 Å². The van der Waals surface area contributed by atoms with Gasteiger partial charge in [-0.25, -0.2) is 0 Å². The Morgan fingerprint density at radius 1 is 1.30 bits per heavy atom. The van der Waals surface area contributed by atoms with Gasteiger partial charge in [0.05, 0.1) is 16.5 Å². The van der Waals surface area contributed by atoms with Gasteiger partial charge in [-0.3, -0.25) is 14.5 Å². The van der Waals surface area contributed by atoms with Crippen LogP contribution in [-0.2, 0) is 4.79 Å². The van der Waals surface area contributed by atoms with Gasteiger partial charge in [0, 0.05) is 18.1 Å². The fourth-order valence-electron chi connectivity index (χ4n) is 2.82. The molecule has 2 unspecified atom stereocenters. The minimum absolute atomic E-state index is 0.264. The highest BCUT2D eigenvalue weighted by Crippen LogP contribution is 2.27. The molecule has 7 heteroatoms. The third-order valence-electron chi connectivity index (χ3n) is 4.06. The van der Waals surface area contributed by atoms with Gasteiger partial charge < -0.3 is 5.32 Å². The Hall–Kier alpha value is -1.77. The van der Waals surface area contributed by atoms with Crippen LogP contribution in [0.2, 0.25) is 10.0 Å². The van der Waals surface area contributed by atoms with Crippen molar-refractivity contribution in [2.45, 2.75) is 31.7 Å². The van der Waals surface area contributed by atoms with Crippen LogP contribution in [0.15, 0.2) is 18.2 Å². The summed E-state index contributed by atoms with van der Waals surface area (Å²) in [6.07, 6.45) is 5.01. The maximum absolute atomic E-state index is 12.4. The summed E-state index contributed by atoms with van der Waals surface area (Å²) in [5, 5.41) is 12.5. The molecule has 0 radical (unpaired) electrons. The van der Waals surface area contributed by atoms with Crippen molar-refractivity contribution in [3.05, 3.63) is 33.8 Å². The summed E-state index contributed by atoms with van der Waals surface area (Å²) >= 11 is 11.9. The highest BCUT2D eigenvalue weighted by Gasteiger charge is 2.34. The van der Waals surface area contributed by atoms with Crippen molar-refractivity contribution < 1.29 is 9.59 Å². The number of nitrogens with one attached hydrogen (secondary N) is 1. The summed E-state index contributed by atoms with van der Waals surface area (Å²) in [7, 11) is 1.44. The normalized spacial score (nSPS) is 20.4. The molecule has 1 aromatic carbocycles. The summed E-state index contributed by atoms with van der Waals surface area (Å²) in [6, 6.07) is 4.35. The Labute approximate surface area is 145 Å². The van der Waals surface area contributed by atoms with E-state index in [2.05, 4.69) is 5.32 Å². The molecule has 2 atom stereocenters. The molecule has 0 spiro atoms. The molecule has 1 aliphatic carbocycles. The quantitative estimate of drug-likeness (QED) is 0.669. The minimum Gasteiger partial charge on any atom is -0.348 e. The molecule has 0 aliphatic heterocycles. The molecule has 2 rings (SSSR count). The van der Waals surface area contributed by atoms with Crippen LogP contribution in [0.4, 0.5) is 0 Å². The van der Waals surface area contributed by atoms with Crippen molar-refractivity contribution in [3.8, 4) is 6.19 Å².